The number of nitrogens with zero attached hydrogens (tertiary/aromatic N) is 3. The molecule has 2 unspecified atom stereocenters. The van der Waals surface area contributed by atoms with E-state index in [0.717, 1.165) is 6.42 Å². The van der Waals surface area contributed by atoms with Gasteiger partial charge >= 0.3 is 5.69 Å². The van der Waals surface area contributed by atoms with Crippen molar-refractivity contribution in [2.24, 2.45) is 7.05 Å². The highest BCUT2D eigenvalue weighted by atomic mass is 16.6. The summed E-state index contributed by atoms with van der Waals surface area (Å²) in [5, 5.41) is 18.7. The molecule has 2 heterocycles. The Kier molecular flexibility index (Phi) is 3.49. The molecule has 1 aromatic heterocycles. The van der Waals surface area contributed by atoms with Gasteiger partial charge in [0.2, 0.25) is 5.82 Å². The minimum absolute atomic E-state index is 0.00656. The van der Waals surface area contributed by atoms with Crippen LogP contribution in [-0.2, 0) is 18.2 Å². The molecule has 0 spiro atoms. The Balaban J connectivity index is 2.39. The van der Waals surface area contributed by atoms with Gasteiger partial charge in [-0.2, -0.15) is 5.10 Å². The van der Waals surface area contributed by atoms with Gasteiger partial charge in [0.1, 0.15) is 5.69 Å². The van der Waals surface area contributed by atoms with E-state index in [1.165, 1.54) is 0 Å². The highest BCUT2D eigenvalue weighted by Crippen LogP contribution is 2.35. The van der Waals surface area contributed by atoms with Gasteiger partial charge in [-0.25, -0.2) is 4.68 Å². The molecule has 0 amide bonds. The van der Waals surface area contributed by atoms with E-state index >= 15 is 0 Å². The Morgan fingerprint density at radius 1 is 1.68 bits per heavy atom. The van der Waals surface area contributed by atoms with Crippen LogP contribution in [0.4, 0.5) is 11.5 Å². The molecule has 2 rings (SSSR count). The molecule has 7 nitrogen and oxygen atoms in total. The molecule has 2 atom stereocenters. The molecule has 0 radical (unpaired) electrons. The SMILES string of the molecule is CCc1nn(C)c(NC2(C)CCOC2C)c1[N+](=O)[O-]. The Labute approximate surface area is 112 Å². The second kappa shape index (κ2) is 4.80. The highest BCUT2D eigenvalue weighted by Gasteiger charge is 2.40. The molecule has 19 heavy (non-hydrogen) atoms. The fourth-order valence-electron chi connectivity index (χ4n) is 2.41. The van der Waals surface area contributed by atoms with Crippen LogP contribution in [0, 0.1) is 10.1 Å². The molecule has 1 aliphatic heterocycles. The number of anilines is 1. The third-order valence-electron chi connectivity index (χ3n) is 3.90. The molecule has 0 aromatic carbocycles. The zero-order valence-corrected chi connectivity index (χ0v) is 11.8. The van der Waals surface area contributed by atoms with E-state index in [0.29, 0.717) is 24.5 Å². The Morgan fingerprint density at radius 2 is 2.37 bits per heavy atom. The maximum atomic E-state index is 11.3. The fraction of sp³-hybridized carbons (Fsp3) is 0.750. The van der Waals surface area contributed by atoms with Crippen molar-refractivity contribution in [2.75, 3.05) is 11.9 Å². The van der Waals surface area contributed by atoms with Crippen molar-refractivity contribution in [3.63, 3.8) is 0 Å². The number of ether oxygens (including phenoxy) is 1. The molecule has 1 saturated heterocycles. The number of hydrogen-bond acceptors (Lipinski definition) is 5. The van der Waals surface area contributed by atoms with Crippen LogP contribution in [0.1, 0.15) is 32.9 Å². The van der Waals surface area contributed by atoms with Crippen LogP contribution in [0.2, 0.25) is 0 Å². The number of nitro groups is 1. The van der Waals surface area contributed by atoms with E-state index in [9.17, 15) is 10.1 Å². The van der Waals surface area contributed by atoms with Crippen LogP contribution in [0.5, 0.6) is 0 Å². The quantitative estimate of drug-likeness (QED) is 0.666. The van der Waals surface area contributed by atoms with E-state index in [-0.39, 0.29) is 22.3 Å². The van der Waals surface area contributed by atoms with Crippen molar-refractivity contribution >= 4 is 11.5 Å². The van der Waals surface area contributed by atoms with E-state index in [4.69, 9.17) is 4.74 Å². The van der Waals surface area contributed by atoms with Crippen molar-refractivity contribution in [2.45, 2.75) is 45.3 Å². The van der Waals surface area contributed by atoms with Gasteiger partial charge in [0.15, 0.2) is 0 Å². The third kappa shape index (κ3) is 2.30. The van der Waals surface area contributed by atoms with Crippen LogP contribution in [0.25, 0.3) is 0 Å². The summed E-state index contributed by atoms with van der Waals surface area (Å²) in [5.74, 6) is 0.460. The van der Waals surface area contributed by atoms with Crippen LogP contribution < -0.4 is 5.32 Å². The third-order valence-corrected chi connectivity index (χ3v) is 3.90. The zero-order valence-electron chi connectivity index (χ0n) is 11.8. The predicted molar refractivity (Wildman–Crippen MR) is 71.3 cm³/mol. The summed E-state index contributed by atoms with van der Waals surface area (Å²) in [5.41, 5.74) is 0.277. The van der Waals surface area contributed by atoms with Crippen molar-refractivity contribution in [3.05, 3.63) is 15.8 Å². The van der Waals surface area contributed by atoms with E-state index in [2.05, 4.69) is 10.4 Å². The summed E-state index contributed by atoms with van der Waals surface area (Å²) in [6.45, 7) is 6.52. The first-order chi connectivity index (χ1) is 8.89. The van der Waals surface area contributed by atoms with E-state index < -0.39 is 0 Å². The van der Waals surface area contributed by atoms with Crippen molar-refractivity contribution in [3.8, 4) is 0 Å². The number of aryl methyl sites for hydroxylation is 2. The average molecular weight is 268 g/mol. The Hall–Kier alpha value is -1.63. The van der Waals surface area contributed by atoms with Crippen molar-refractivity contribution < 1.29 is 9.66 Å². The minimum Gasteiger partial charge on any atom is -0.376 e. The summed E-state index contributed by atoms with van der Waals surface area (Å²) >= 11 is 0. The maximum Gasteiger partial charge on any atom is 0.333 e. The number of nitrogens with one attached hydrogen (secondary N) is 1. The first kappa shape index (κ1) is 13.8. The summed E-state index contributed by atoms with van der Waals surface area (Å²) in [4.78, 5) is 10.9. The number of rotatable bonds is 4. The molecule has 1 aromatic rings. The first-order valence-electron chi connectivity index (χ1n) is 6.49. The largest absolute Gasteiger partial charge is 0.376 e. The first-order valence-corrected chi connectivity index (χ1v) is 6.49. The van der Waals surface area contributed by atoms with Crippen LogP contribution >= 0.6 is 0 Å². The van der Waals surface area contributed by atoms with Gasteiger partial charge in [-0.05, 0) is 26.7 Å². The normalized spacial score (nSPS) is 26.6. The lowest BCUT2D eigenvalue weighted by Gasteiger charge is -2.29. The molecule has 106 valence electrons. The van der Waals surface area contributed by atoms with Crippen molar-refractivity contribution in [1.29, 1.82) is 0 Å². The van der Waals surface area contributed by atoms with Gasteiger partial charge in [0.25, 0.3) is 0 Å². The Bertz CT molecular complexity index is 499. The lowest BCUT2D eigenvalue weighted by Crippen LogP contribution is -2.42. The van der Waals surface area contributed by atoms with E-state index in [1.807, 2.05) is 20.8 Å². The van der Waals surface area contributed by atoms with Gasteiger partial charge < -0.3 is 10.1 Å². The van der Waals surface area contributed by atoms with Gasteiger partial charge in [-0.3, -0.25) is 10.1 Å². The molecule has 0 saturated carbocycles. The second-order valence-electron chi connectivity index (χ2n) is 5.18. The molecule has 0 bridgehead atoms. The topological polar surface area (TPSA) is 82.2 Å². The average Bonchev–Trinajstić information content (AvgIpc) is 2.82. The minimum atomic E-state index is -0.363. The molecular weight excluding hydrogens is 248 g/mol. The monoisotopic (exact) mass is 268 g/mol. The molecule has 1 N–H and O–H groups in total. The van der Waals surface area contributed by atoms with Gasteiger partial charge in [0.05, 0.1) is 16.6 Å². The highest BCUT2D eigenvalue weighted by molar-refractivity contribution is 5.61. The zero-order chi connectivity index (χ0) is 14.2. The Morgan fingerprint density at radius 3 is 2.84 bits per heavy atom. The molecule has 1 aliphatic rings. The van der Waals surface area contributed by atoms with Gasteiger partial charge in [0, 0.05) is 13.7 Å². The lowest BCUT2D eigenvalue weighted by molar-refractivity contribution is -0.384. The molecule has 7 heteroatoms. The van der Waals surface area contributed by atoms with Crippen LogP contribution in [0.3, 0.4) is 0 Å². The summed E-state index contributed by atoms with van der Waals surface area (Å²) in [7, 11) is 1.72. The van der Waals surface area contributed by atoms with Crippen LogP contribution in [-0.4, -0.2) is 33.0 Å². The predicted octanol–water partition coefficient (Wildman–Crippen LogP) is 1.87. The second-order valence-corrected chi connectivity index (χ2v) is 5.18. The molecular formula is C12H20N4O3. The van der Waals surface area contributed by atoms with Crippen LogP contribution in [0.15, 0.2) is 0 Å². The molecule has 1 fully saturated rings. The van der Waals surface area contributed by atoms with E-state index in [1.54, 1.807) is 11.7 Å². The van der Waals surface area contributed by atoms with Gasteiger partial charge in [-0.1, -0.05) is 6.92 Å². The smallest absolute Gasteiger partial charge is 0.333 e. The maximum absolute atomic E-state index is 11.3. The summed E-state index contributed by atoms with van der Waals surface area (Å²) in [6.07, 6.45) is 1.36. The summed E-state index contributed by atoms with van der Waals surface area (Å²) in [6, 6.07) is 0. The van der Waals surface area contributed by atoms with Gasteiger partial charge in [-0.15, -0.1) is 0 Å². The molecule has 0 aliphatic carbocycles. The standard InChI is InChI=1S/C12H20N4O3/c1-5-9-10(16(17)18)11(15(4)14-9)13-12(3)6-7-19-8(12)2/h8,13H,5-7H2,1-4H3. The number of hydrogen-bond donors (Lipinski definition) is 1. The lowest BCUT2D eigenvalue weighted by atomic mass is 9.94. The van der Waals surface area contributed by atoms with Crippen molar-refractivity contribution in [1.82, 2.24) is 9.78 Å². The fourth-order valence-corrected chi connectivity index (χ4v) is 2.41. The summed E-state index contributed by atoms with van der Waals surface area (Å²) < 4.78 is 7.10. The number of aromatic nitrogens is 2.